The molecule has 30 heavy (non-hydrogen) atoms. The highest BCUT2D eigenvalue weighted by molar-refractivity contribution is 6.07. The molecule has 1 amide bonds. The van der Waals surface area contributed by atoms with Gasteiger partial charge in [0.15, 0.2) is 11.6 Å². The van der Waals surface area contributed by atoms with E-state index in [-0.39, 0.29) is 18.0 Å². The molecule has 4 aromatic rings. The van der Waals surface area contributed by atoms with Gasteiger partial charge in [-0.25, -0.2) is 9.78 Å². The van der Waals surface area contributed by atoms with Gasteiger partial charge < -0.3 is 10.1 Å². The van der Waals surface area contributed by atoms with E-state index in [1.54, 1.807) is 19.1 Å². The Hall–Kier alpha value is -4.07. The van der Waals surface area contributed by atoms with E-state index in [4.69, 9.17) is 4.74 Å². The van der Waals surface area contributed by atoms with Crippen LogP contribution in [0.2, 0.25) is 0 Å². The number of fused-ring (bicyclic) bond motifs is 1. The van der Waals surface area contributed by atoms with Crippen LogP contribution in [0.1, 0.15) is 33.2 Å². The zero-order chi connectivity index (χ0) is 21.1. The predicted molar refractivity (Wildman–Crippen MR) is 112 cm³/mol. The van der Waals surface area contributed by atoms with E-state index in [1.165, 1.54) is 23.3 Å². The SMILES string of the molecule is CCOC(=O)c1cnn(-c2cc(C)c3ccccc3n2)c1NC(=O)c1ccncc1. The molecule has 8 nitrogen and oxygen atoms in total. The fraction of sp³-hybridized carbons (Fsp3) is 0.136. The van der Waals surface area contributed by atoms with Gasteiger partial charge in [0.2, 0.25) is 0 Å². The third-order valence-corrected chi connectivity index (χ3v) is 4.57. The molecule has 1 aromatic carbocycles. The number of hydrogen-bond acceptors (Lipinski definition) is 6. The number of nitrogens with one attached hydrogen (secondary N) is 1. The second kappa shape index (κ2) is 8.12. The van der Waals surface area contributed by atoms with E-state index in [0.717, 1.165) is 16.5 Å². The topological polar surface area (TPSA) is 99.0 Å². The van der Waals surface area contributed by atoms with Crippen LogP contribution in [-0.4, -0.2) is 38.2 Å². The largest absolute Gasteiger partial charge is 0.462 e. The van der Waals surface area contributed by atoms with Crippen molar-refractivity contribution >= 4 is 28.6 Å². The second-order valence-electron chi connectivity index (χ2n) is 6.54. The van der Waals surface area contributed by atoms with E-state index in [1.807, 2.05) is 37.3 Å². The van der Waals surface area contributed by atoms with Gasteiger partial charge in [0, 0.05) is 23.3 Å². The average Bonchev–Trinajstić information content (AvgIpc) is 3.18. The van der Waals surface area contributed by atoms with Crippen molar-refractivity contribution in [2.24, 2.45) is 0 Å². The Morgan fingerprint density at radius 2 is 1.90 bits per heavy atom. The molecule has 150 valence electrons. The molecule has 0 unspecified atom stereocenters. The van der Waals surface area contributed by atoms with Crippen LogP contribution in [0.4, 0.5) is 5.82 Å². The van der Waals surface area contributed by atoms with Crippen LogP contribution in [-0.2, 0) is 4.74 Å². The number of nitrogens with zero attached hydrogens (tertiary/aromatic N) is 4. The van der Waals surface area contributed by atoms with E-state index < -0.39 is 11.9 Å². The van der Waals surface area contributed by atoms with Crippen LogP contribution in [0.15, 0.2) is 61.1 Å². The summed E-state index contributed by atoms with van der Waals surface area (Å²) in [4.78, 5) is 33.8. The molecule has 0 saturated heterocycles. The number of aromatic nitrogens is 4. The van der Waals surface area contributed by atoms with Gasteiger partial charge in [0.05, 0.1) is 18.3 Å². The van der Waals surface area contributed by atoms with E-state index in [9.17, 15) is 9.59 Å². The minimum absolute atomic E-state index is 0.145. The number of amides is 1. The molecule has 0 spiro atoms. The summed E-state index contributed by atoms with van der Waals surface area (Å²) in [6.07, 6.45) is 4.41. The van der Waals surface area contributed by atoms with Crippen molar-refractivity contribution in [2.75, 3.05) is 11.9 Å². The maximum atomic E-state index is 12.8. The van der Waals surface area contributed by atoms with Gasteiger partial charge >= 0.3 is 5.97 Å². The molecule has 3 heterocycles. The minimum Gasteiger partial charge on any atom is -0.462 e. The third-order valence-electron chi connectivity index (χ3n) is 4.57. The number of esters is 1. The Bertz CT molecular complexity index is 1230. The smallest absolute Gasteiger partial charge is 0.343 e. The van der Waals surface area contributed by atoms with E-state index >= 15 is 0 Å². The molecule has 3 aromatic heterocycles. The van der Waals surface area contributed by atoms with E-state index in [2.05, 4.69) is 20.4 Å². The first kappa shape index (κ1) is 19.3. The quantitative estimate of drug-likeness (QED) is 0.514. The summed E-state index contributed by atoms with van der Waals surface area (Å²) in [5, 5.41) is 8.10. The first-order chi connectivity index (χ1) is 14.6. The fourth-order valence-corrected chi connectivity index (χ4v) is 3.12. The summed E-state index contributed by atoms with van der Waals surface area (Å²) in [7, 11) is 0. The summed E-state index contributed by atoms with van der Waals surface area (Å²) < 4.78 is 6.56. The molecule has 4 rings (SSSR count). The van der Waals surface area contributed by atoms with Crippen molar-refractivity contribution in [3.05, 3.63) is 77.7 Å². The molecule has 0 atom stereocenters. The Morgan fingerprint density at radius 3 is 2.67 bits per heavy atom. The number of carbonyl (C=O) groups is 2. The average molecular weight is 401 g/mol. The van der Waals surface area contributed by atoms with E-state index in [0.29, 0.717) is 11.4 Å². The maximum absolute atomic E-state index is 12.8. The molecule has 0 saturated carbocycles. The molecular formula is C22H19N5O3. The van der Waals surface area contributed by atoms with Gasteiger partial charge in [-0.2, -0.15) is 9.78 Å². The van der Waals surface area contributed by atoms with Crippen molar-refractivity contribution in [1.82, 2.24) is 19.7 Å². The molecule has 0 radical (unpaired) electrons. The van der Waals surface area contributed by atoms with Crippen molar-refractivity contribution < 1.29 is 14.3 Å². The Labute approximate surface area is 172 Å². The highest BCUT2D eigenvalue weighted by Gasteiger charge is 2.23. The van der Waals surface area contributed by atoms with Crippen LogP contribution in [0.25, 0.3) is 16.7 Å². The number of anilines is 1. The zero-order valence-electron chi connectivity index (χ0n) is 16.5. The Morgan fingerprint density at radius 1 is 1.13 bits per heavy atom. The number of carbonyl (C=O) groups excluding carboxylic acids is 2. The van der Waals surface area contributed by atoms with Crippen LogP contribution >= 0.6 is 0 Å². The maximum Gasteiger partial charge on any atom is 0.343 e. The first-order valence-electron chi connectivity index (χ1n) is 9.41. The molecule has 8 heteroatoms. The number of pyridine rings is 2. The Balaban J connectivity index is 1.82. The summed E-state index contributed by atoms with van der Waals surface area (Å²) in [5.41, 5.74) is 2.32. The third kappa shape index (κ3) is 3.62. The molecule has 0 bridgehead atoms. The fourth-order valence-electron chi connectivity index (χ4n) is 3.12. The number of rotatable bonds is 5. The van der Waals surface area contributed by atoms with Gasteiger partial charge in [-0.3, -0.25) is 9.78 Å². The molecular weight excluding hydrogens is 382 g/mol. The summed E-state index contributed by atoms with van der Waals surface area (Å²) in [6.45, 7) is 3.89. The molecule has 0 aliphatic heterocycles. The van der Waals surface area contributed by atoms with Crippen molar-refractivity contribution in [3.63, 3.8) is 0 Å². The lowest BCUT2D eigenvalue weighted by molar-refractivity contribution is 0.0527. The molecule has 1 N–H and O–H groups in total. The Kier molecular flexibility index (Phi) is 5.21. The highest BCUT2D eigenvalue weighted by Crippen LogP contribution is 2.25. The predicted octanol–water partition coefficient (Wildman–Crippen LogP) is 3.55. The summed E-state index contributed by atoms with van der Waals surface area (Å²) in [5.74, 6) is -0.308. The van der Waals surface area contributed by atoms with Gasteiger partial charge in [-0.1, -0.05) is 18.2 Å². The molecule has 0 aliphatic rings. The number of para-hydroxylation sites is 1. The monoisotopic (exact) mass is 401 g/mol. The van der Waals surface area contributed by atoms with Crippen LogP contribution in [0, 0.1) is 6.92 Å². The van der Waals surface area contributed by atoms with Crippen LogP contribution < -0.4 is 5.32 Å². The lowest BCUT2D eigenvalue weighted by Gasteiger charge is -2.12. The minimum atomic E-state index is -0.578. The molecule has 0 aliphatic carbocycles. The summed E-state index contributed by atoms with van der Waals surface area (Å²) >= 11 is 0. The van der Waals surface area contributed by atoms with Crippen molar-refractivity contribution in [3.8, 4) is 5.82 Å². The van der Waals surface area contributed by atoms with Crippen LogP contribution in [0.5, 0.6) is 0 Å². The standard InChI is InChI=1S/C22H19N5O3/c1-3-30-22(29)17-13-24-27(20(17)26-21(28)15-8-10-23-11-9-15)19-12-14(2)16-6-4-5-7-18(16)25-19/h4-13H,3H2,1-2H3,(H,26,28). The van der Waals surface area contributed by atoms with Gasteiger partial charge in [-0.05, 0) is 43.7 Å². The molecule has 0 fully saturated rings. The lowest BCUT2D eigenvalue weighted by atomic mass is 10.1. The summed E-state index contributed by atoms with van der Waals surface area (Å²) in [6, 6.07) is 12.8. The number of hydrogen-bond donors (Lipinski definition) is 1. The van der Waals surface area contributed by atoms with Gasteiger partial charge in [0.1, 0.15) is 5.56 Å². The van der Waals surface area contributed by atoms with Crippen molar-refractivity contribution in [2.45, 2.75) is 13.8 Å². The second-order valence-corrected chi connectivity index (χ2v) is 6.54. The van der Waals surface area contributed by atoms with Crippen molar-refractivity contribution in [1.29, 1.82) is 0 Å². The number of ether oxygens (including phenoxy) is 1. The normalized spacial score (nSPS) is 10.7. The van der Waals surface area contributed by atoms with Crippen LogP contribution in [0.3, 0.4) is 0 Å². The van der Waals surface area contributed by atoms with Gasteiger partial charge in [0.25, 0.3) is 5.91 Å². The zero-order valence-corrected chi connectivity index (χ0v) is 16.5. The van der Waals surface area contributed by atoms with Gasteiger partial charge in [-0.15, -0.1) is 0 Å². The highest BCUT2D eigenvalue weighted by atomic mass is 16.5. The number of benzene rings is 1. The lowest BCUT2D eigenvalue weighted by Crippen LogP contribution is -2.18. The first-order valence-corrected chi connectivity index (χ1v) is 9.41. The number of aryl methyl sites for hydroxylation is 1.